The van der Waals surface area contributed by atoms with Crippen molar-refractivity contribution in [3.8, 4) is 0 Å². The van der Waals surface area contributed by atoms with Crippen LogP contribution in [0.2, 0.25) is 0 Å². The standard InChI is InChI=1S/C23H31FN2O3S2/c1-23(2,3)19-10-12-20(13-11-19)26(31(4,28)29)16-22(27)25-14-7-15-30-17-18-8-5-6-9-21(18)24/h5-6,8-13H,7,14-17H2,1-4H3,(H,25,27). The summed E-state index contributed by atoms with van der Waals surface area (Å²) in [7, 11) is -3.60. The lowest BCUT2D eigenvalue weighted by Gasteiger charge is -2.24. The zero-order chi connectivity index (χ0) is 23.1. The van der Waals surface area contributed by atoms with Crippen molar-refractivity contribution in [3.05, 3.63) is 65.5 Å². The quantitative estimate of drug-likeness (QED) is 0.530. The maximum Gasteiger partial charge on any atom is 0.240 e. The number of benzene rings is 2. The van der Waals surface area contributed by atoms with Crippen LogP contribution in [-0.4, -0.2) is 39.4 Å². The maximum absolute atomic E-state index is 13.6. The third-order valence-electron chi connectivity index (χ3n) is 4.71. The van der Waals surface area contributed by atoms with Crippen molar-refractivity contribution >= 4 is 33.4 Å². The molecule has 0 atom stereocenters. The Morgan fingerprint density at radius 1 is 1.10 bits per heavy atom. The van der Waals surface area contributed by atoms with Gasteiger partial charge in [-0.05, 0) is 46.9 Å². The molecule has 0 aromatic heterocycles. The van der Waals surface area contributed by atoms with Crippen molar-refractivity contribution in [2.24, 2.45) is 0 Å². The summed E-state index contributed by atoms with van der Waals surface area (Å²) in [4.78, 5) is 12.3. The summed E-state index contributed by atoms with van der Waals surface area (Å²) >= 11 is 1.59. The van der Waals surface area contributed by atoms with Crippen molar-refractivity contribution in [2.75, 3.05) is 29.4 Å². The number of halogens is 1. The number of nitrogens with one attached hydrogen (secondary N) is 1. The number of amides is 1. The lowest BCUT2D eigenvalue weighted by Crippen LogP contribution is -2.40. The van der Waals surface area contributed by atoms with Crippen LogP contribution in [0.3, 0.4) is 0 Å². The van der Waals surface area contributed by atoms with Gasteiger partial charge in [0.25, 0.3) is 0 Å². The van der Waals surface area contributed by atoms with Crippen molar-refractivity contribution in [2.45, 2.75) is 38.4 Å². The van der Waals surface area contributed by atoms with Gasteiger partial charge < -0.3 is 5.32 Å². The molecular formula is C23H31FN2O3S2. The van der Waals surface area contributed by atoms with Crippen molar-refractivity contribution < 1.29 is 17.6 Å². The van der Waals surface area contributed by atoms with E-state index in [1.54, 1.807) is 36.0 Å². The Bertz CT molecular complexity index is 971. The van der Waals surface area contributed by atoms with Gasteiger partial charge in [-0.1, -0.05) is 51.1 Å². The van der Waals surface area contributed by atoms with E-state index in [1.807, 2.05) is 18.2 Å². The Morgan fingerprint density at radius 2 is 1.74 bits per heavy atom. The first-order valence-corrected chi connectivity index (χ1v) is 13.1. The molecule has 0 fully saturated rings. The fourth-order valence-corrected chi connectivity index (χ4v) is 4.72. The summed E-state index contributed by atoms with van der Waals surface area (Å²) in [6.07, 6.45) is 1.81. The predicted octanol–water partition coefficient (Wildman–Crippen LogP) is 4.33. The molecule has 0 heterocycles. The summed E-state index contributed by atoms with van der Waals surface area (Å²) in [5.41, 5.74) is 2.17. The zero-order valence-electron chi connectivity index (χ0n) is 18.5. The summed E-state index contributed by atoms with van der Waals surface area (Å²) in [6.45, 7) is 6.41. The summed E-state index contributed by atoms with van der Waals surface area (Å²) < 4.78 is 39.2. The van der Waals surface area contributed by atoms with Crippen molar-refractivity contribution in [1.29, 1.82) is 0 Å². The molecule has 1 amide bonds. The van der Waals surface area contributed by atoms with Crippen LogP contribution in [0, 0.1) is 5.82 Å². The normalized spacial score (nSPS) is 11.9. The van der Waals surface area contributed by atoms with Crippen LogP contribution < -0.4 is 9.62 Å². The molecule has 0 aliphatic rings. The number of anilines is 1. The van der Waals surface area contributed by atoms with Crippen LogP contribution in [-0.2, 0) is 26.0 Å². The highest BCUT2D eigenvalue weighted by Crippen LogP contribution is 2.25. The van der Waals surface area contributed by atoms with Gasteiger partial charge in [-0.3, -0.25) is 9.10 Å². The monoisotopic (exact) mass is 466 g/mol. The Balaban J connectivity index is 1.83. The average Bonchev–Trinajstić information content (AvgIpc) is 2.68. The van der Waals surface area contributed by atoms with E-state index in [0.717, 1.165) is 21.9 Å². The molecule has 0 aliphatic heterocycles. The first kappa shape index (κ1) is 25.2. The first-order valence-electron chi connectivity index (χ1n) is 10.1. The van der Waals surface area contributed by atoms with Crippen LogP contribution in [0.15, 0.2) is 48.5 Å². The second kappa shape index (κ2) is 11.0. The lowest BCUT2D eigenvalue weighted by molar-refractivity contribution is -0.119. The third kappa shape index (κ3) is 8.18. The highest BCUT2D eigenvalue weighted by Gasteiger charge is 2.21. The molecular weight excluding hydrogens is 435 g/mol. The largest absolute Gasteiger partial charge is 0.354 e. The Hall–Kier alpha value is -2.06. The minimum Gasteiger partial charge on any atom is -0.354 e. The molecule has 1 N–H and O–H groups in total. The Morgan fingerprint density at radius 3 is 2.32 bits per heavy atom. The van der Waals surface area contributed by atoms with Crippen molar-refractivity contribution in [1.82, 2.24) is 5.32 Å². The van der Waals surface area contributed by atoms with Gasteiger partial charge in [0, 0.05) is 12.3 Å². The van der Waals surface area contributed by atoms with Gasteiger partial charge in [0.1, 0.15) is 12.4 Å². The molecule has 0 bridgehead atoms. The zero-order valence-corrected chi connectivity index (χ0v) is 20.2. The second-order valence-corrected chi connectivity index (χ2v) is 11.4. The van der Waals surface area contributed by atoms with Crippen molar-refractivity contribution in [3.63, 3.8) is 0 Å². The summed E-state index contributed by atoms with van der Waals surface area (Å²) in [5.74, 6) is 0.773. The number of thioether (sulfide) groups is 1. The molecule has 2 aromatic rings. The third-order valence-corrected chi connectivity index (χ3v) is 6.94. The predicted molar refractivity (Wildman–Crippen MR) is 128 cm³/mol. The molecule has 0 aliphatic carbocycles. The highest BCUT2D eigenvalue weighted by atomic mass is 32.2. The molecule has 0 spiro atoms. The van der Waals surface area contributed by atoms with Crippen LogP contribution in [0.1, 0.15) is 38.3 Å². The minimum absolute atomic E-state index is 0.0455. The Kier molecular flexibility index (Phi) is 8.94. The van der Waals surface area contributed by atoms with E-state index in [0.29, 0.717) is 30.0 Å². The van der Waals surface area contributed by atoms with E-state index in [2.05, 4.69) is 26.1 Å². The van der Waals surface area contributed by atoms with Gasteiger partial charge in [-0.25, -0.2) is 12.8 Å². The highest BCUT2D eigenvalue weighted by molar-refractivity contribution is 7.98. The molecule has 170 valence electrons. The Labute approximate surface area is 189 Å². The number of hydrogen-bond acceptors (Lipinski definition) is 4. The van der Waals surface area contributed by atoms with Gasteiger partial charge in [0.15, 0.2) is 0 Å². The summed E-state index contributed by atoms with van der Waals surface area (Å²) in [6, 6.07) is 13.9. The van der Waals surface area contributed by atoms with Crippen LogP contribution in [0.25, 0.3) is 0 Å². The number of carbonyl (C=O) groups is 1. The van der Waals surface area contributed by atoms with Gasteiger partial charge in [0.05, 0.1) is 11.9 Å². The SMILES string of the molecule is CC(C)(C)c1ccc(N(CC(=O)NCCCSCc2ccccc2F)S(C)(=O)=O)cc1. The number of nitrogens with zero attached hydrogens (tertiary/aromatic N) is 1. The first-order chi connectivity index (χ1) is 14.5. The number of rotatable bonds is 10. The van der Waals surface area contributed by atoms with Gasteiger partial charge >= 0.3 is 0 Å². The number of sulfonamides is 1. The van der Waals surface area contributed by atoms with Crippen LogP contribution >= 0.6 is 11.8 Å². The molecule has 5 nitrogen and oxygen atoms in total. The molecule has 0 unspecified atom stereocenters. The smallest absolute Gasteiger partial charge is 0.240 e. The second-order valence-electron chi connectivity index (χ2n) is 8.41. The molecule has 2 rings (SSSR count). The maximum atomic E-state index is 13.6. The van der Waals surface area contributed by atoms with E-state index in [-0.39, 0.29) is 23.7 Å². The topological polar surface area (TPSA) is 66.5 Å². The molecule has 31 heavy (non-hydrogen) atoms. The molecule has 2 aromatic carbocycles. The van der Waals surface area contributed by atoms with E-state index in [1.165, 1.54) is 6.07 Å². The van der Waals surface area contributed by atoms with E-state index in [4.69, 9.17) is 0 Å². The molecule has 0 saturated carbocycles. The van der Waals surface area contributed by atoms with Crippen LogP contribution in [0.5, 0.6) is 0 Å². The molecule has 8 heteroatoms. The minimum atomic E-state index is -3.60. The van der Waals surface area contributed by atoms with E-state index >= 15 is 0 Å². The fraction of sp³-hybridized carbons (Fsp3) is 0.435. The molecule has 0 saturated heterocycles. The van der Waals surface area contributed by atoms with Crippen LogP contribution in [0.4, 0.5) is 10.1 Å². The van der Waals surface area contributed by atoms with Gasteiger partial charge in [0.2, 0.25) is 15.9 Å². The van der Waals surface area contributed by atoms with E-state index < -0.39 is 10.0 Å². The van der Waals surface area contributed by atoms with Gasteiger partial charge in [-0.2, -0.15) is 11.8 Å². The number of carbonyl (C=O) groups excluding carboxylic acids is 1. The van der Waals surface area contributed by atoms with E-state index in [9.17, 15) is 17.6 Å². The molecule has 0 radical (unpaired) electrons. The lowest BCUT2D eigenvalue weighted by atomic mass is 9.87. The summed E-state index contributed by atoms with van der Waals surface area (Å²) in [5, 5.41) is 2.77. The fourth-order valence-electron chi connectivity index (χ4n) is 2.91. The number of hydrogen-bond donors (Lipinski definition) is 1. The average molecular weight is 467 g/mol. The van der Waals surface area contributed by atoms with Gasteiger partial charge in [-0.15, -0.1) is 0 Å².